The zero-order valence-electron chi connectivity index (χ0n) is 6.81. The normalized spacial score (nSPS) is 10.7. The zero-order valence-corrected chi connectivity index (χ0v) is 8.32. The Labute approximate surface area is 89.0 Å². The maximum absolute atomic E-state index is 11.9. The van der Waals surface area contributed by atoms with Crippen molar-refractivity contribution in [3.8, 4) is 5.75 Å². The Morgan fingerprint density at radius 3 is 2.50 bits per heavy atom. The van der Waals surface area contributed by atoms with Crippen LogP contribution in [0.3, 0.4) is 0 Å². The summed E-state index contributed by atoms with van der Waals surface area (Å²) in [5, 5.41) is 9.11. The van der Waals surface area contributed by atoms with Gasteiger partial charge in [-0.15, -0.1) is 0 Å². The lowest BCUT2D eigenvalue weighted by atomic mass is 10.2. The minimum Gasteiger partial charge on any atom is -0.434 e. The van der Waals surface area contributed by atoms with Gasteiger partial charge in [0.15, 0.2) is 0 Å². The molecular weight excluding hydrogens is 237 g/mol. The molecule has 0 radical (unpaired) electrons. The Hall–Kier alpha value is -0.580. The molecule has 1 aromatic rings. The Bertz CT molecular complexity index is 331. The van der Waals surface area contributed by atoms with Crippen molar-refractivity contribution >= 4 is 23.2 Å². The number of rotatable bonds is 3. The molecule has 0 heterocycles. The summed E-state index contributed by atoms with van der Waals surface area (Å²) in [5.74, 6) is -0.208. The second-order valence-electron chi connectivity index (χ2n) is 2.40. The summed E-state index contributed by atoms with van der Waals surface area (Å²) in [6, 6.07) is 2.51. The SMILES string of the molecule is OCc1c(Cl)cc(Cl)cc1OC(F)F. The fourth-order valence-corrected chi connectivity index (χ4v) is 1.47. The lowest BCUT2D eigenvalue weighted by Gasteiger charge is -2.10. The van der Waals surface area contributed by atoms with E-state index in [0.717, 1.165) is 0 Å². The van der Waals surface area contributed by atoms with Gasteiger partial charge in [-0.25, -0.2) is 0 Å². The van der Waals surface area contributed by atoms with E-state index in [-0.39, 0.29) is 21.4 Å². The molecule has 0 spiro atoms. The third-order valence-corrected chi connectivity index (χ3v) is 2.05. The number of ether oxygens (including phenoxy) is 1. The van der Waals surface area contributed by atoms with Gasteiger partial charge in [-0.2, -0.15) is 8.78 Å². The number of alkyl halides is 2. The molecular formula is C8H6Cl2F2O2. The average molecular weight is 243 g/mol. The molecule has 0 saturated heterocycles. The van der Waals surface area contributed by atoms with Crippen LogP contribution >= 0.6 is 23.2 Å². The van der Waals surface area contributed by atoms with Gasteiger partial charge in [-0.1, -0.05) is 23.2 Å². The molecule has 0 saturated carbocycles. The van der Waals surface area contributed by atoms with Crippen LogP contribution < -0.4 is 4.74 Å². The molecule has 0 aliphatic carbocycles. The number of benzene rings is 1. The van der Waals surface area contributed by atoms with Gasteiger partial charge >= 0.3 is 6.61 Å². The van der Waals surface area contributed by atoms with E-state index < -0.39 is 13.2 Å². The lowest BCUT2D eigenvalue weighted by molar-refractivity contribution is -0.0509. The van der Waals surface area contributed by atoms with E-state index in [4.69, 9.17) is 28.3 Å². The Kier molecular flexibility index (Phi) is 3.92. The maximum atomic E-state index is 11.9. The maximum Gasteiger partial charge on any atom is 0.387 e. The van der Waals surface area contributed by atoms with Crippen molar-refractivity contribution in [1.82, 2.24) is 0 Å². The van der Waals surface area contributed by atoms with E-state index in [1.54, 1.807) is 0 Å². The summed E-state index contributed by atoms with van der Waals surface area (Å²) in [4.78, 5) is 0. The zero-order chi connectivity index (χ0) is 10.7. The van der Waals surface area contributed by atoms with Crippen LogP contribution in [-0.2, 0) is 6.61 Å². The van der Waals surface area contributed by atoms with E-state index in [1.807, 2.05) is 0 Å². The Balaban J connectivity index is 3.11. The third kappa shape index (κ3) is 2.70. The van der Waals surface area contributed by atoms with Crippen molar-refractivity contribution in [2.45, 2.75) is 13.2 Å². The first-order chi connectivity index (χ1) is 6.54. The molecule has 1 N–H and O–H groups in total. The summed E-state index contributed by atoms with van der Waals surface area (Å²) in [6.45, 7) is -3.47. The number of hydrogen-bond acceptors (Lipinski definition) is 2. The highest BCUT2D eigenvalue weighted by Crippen LogP contribution is 2.31. The van der Waals surface area contributed by atoms with Gasteiger partial charge in [0.1, 0.15) is 5.75 Å². The molecule has 14 heavy (non-hydrogen) atoms. The van der Waals surface area contributed by atoms with Gasteiger partial charge < -0.3 is 9.84 Å². The largest absolute Gasteiger partial charge is 0.434 e. The van der Waals surface area contributed by atoms with Gasteiger partial charge in [0.25, 0.3) is 0 Å². The first-order valence-corrected chi connectivity index (χ1v) is 4.33. The molecule has 0 bridgehead atoms. The molecule has 2 nitrogen and oxygen atoms in total. The van der Waals surface area contributed by atoms with Crippen LogP contribution in [0.1, 0.15) is 5.56 Å². The fraction of sp³-hybridized carbons (Fsp3) is 0.250. The molecule has 1 rings (SSSR count). The number of aliphatic hydroxyl groups excluding tert-OH is 1. The van der Waals surface area contributed by atoms with E-state index in [2.05, 4.69) is 4.74 Å². The highest BCUT2D eigenvalue weighted by atomic mass is 35.5. The summed E-state index contributed by atoms with van der Waals surface area (Å²) in [7, 11) is 0. The van der Waals surface area contributed by atoms with Gasteiger partial charge in [-0.05, 0) is 12.1 Å². The number of aliphatic hydroxyl groups is 1. The van der Waals surface area contributed by atoms with Crippen molar-refractivity contribution in [3.05, 3.63) is 27.7 Å². The molecule has 0 unspecified atom stereocenters. The van der Waals surface area contributed by atoms with E-state index >= 15 is 0 Å². The molecule has 0 aliphatic heterocycles. The summed E-state index contributed by atoms with van der Waals surface area (Å²) in [5.41, 5.74) is 0.0939. The predicted molar refractivity (Wildman–Crippen MR) is 49.0 cm³/mol. The quantitative estimate of drug-likeness (QED) is 0.883. The molecule has 1 aromatic carbocycles. The molecule has 0 amide bonds. The summed E-state index contributed by atoms with van der Waals surface area (Å²) in [6.07, 6.45) is 0. The summed E-state index contributed by atoms with van der Waals surface area (Å²) < 4.78 is 28.0. The second kappa shape index (κ2) is 4.77. The van der Waals surface area contributed by atoms with Crippen LogP contribution in [0, 0.1) is 0 Å². The monoisotopic (exact) mass is 242 g/mol. The van der Waals surface area contributed by atoms with Crippen molar-refractivity contribution in [2.24, 2.45) is 0 Å². The first-order valence-electron chi connectivity index (χ1n) is 3.58. The second-order valence-corrected chi connectivity index (χ2v) is 3.24. The average Bonchev–Trinajstić information content (AvgIpc) is 2.01. The van der Waals surface area contributed by atoms with E-state index in [1.165, 1.54) is 12.1 Å². The van der Waals surface area contributed by atoms with Crippen LogP contribution in [0.4, 0.5) is 8.78 Å². The molecule has 0 fully saturated rings. The highest BCUT2D eigenvalue weighted by molar-refractivity contribution is 6.35. The standard InChI is InChI=1S/C8H6Cl2F2O2/c9-4-1-6(10)5(3-13)7(2-4)14-8(11)12/h1-2,8,13H,3H2. The lowest BCUT2D eigenvalue weighted by Crippen LogP contribution is -2.05. The predicted octanol–water partition coefficient (Wildman–Crippen LogP) is 3.09. The highest BCUT2D eigenvalue weighted by Gasteiger charge is 2.13. The molecule has 0 aromatic heterocycles. The first kappa shape index (κ1) is 11.5. The minimum atomic E-state index is -2.98. The van der Waals surface area contributed by atoms with Gasteiger partial charge in [0.05, 0.1) is 11.6 Å². The van der Waals surface area contributed by atoms with E-state index in [9.17, 15) is 8.78 Å². The fourth-order valence-electron chi connectivity index (χ4n) is 0.934. The van der Waals surface area contributed by atoms with Crippen molar-refractivity contribution < 1.29 is 18.6 Å². The topological polar surface area (TPSA) is 29.5 Å². The molecule has 78 valence electrons. The molecule has 6 heteroatoms. The van der Waals surface area contributed by atoms with Crippen LogP contribution in [0.15, 0.2) is 12.1 Å². The third-order valence-electron chi connectivity index (χ3n) is 1.49. The van der Waals surface area contributed by atoms with Crippen LogP contribution in [-0.4, -0.2) is 11.7 Å². The number of hydrogen-bond donors (Lipinski definition) is 1. The Morgan fingerprint density at radius 2 is 2.00 bits per heavy atom. The van der Waals surface area contributed by atoms with E-state index in [0.29, 0.717) is 0 Å². The Morgan fingerprint density at radius 1 is 1.36 bits per heavy atom. The molecule has 0 atom stereocenters. The van der Waals surface area contributed by atoms with Crippen molar-refractivity contribution in [1.29, 1.82) is 0 Å². The number of halogens is 4. The summed E-state index contributed by atoms with van der Waals surface area (Å²) >= 11 is 11.2. The smallest absolute Gasteiger partial charge is 0.387 e. The van der Waals surface area contributed by atoms with Gasteiger partial charge in [0.2, 0.25) is 0 Å². The van der Waals surface area contributed by atoms with Gasteiger partial charge in [0, 0.05) is 10.6 Å². The minimum absolute atomic E-state index is 0.0932. The van der Waals surface area contributed by atoms with Crippen LogP contribution in [0.2, 0.25) is 10.0 Å². The van der Waals surface area contributed by atoms with Crippen molar-refractivity contribution in [2.75, 3.05) is 0 Å². The van der Waals surface area contributed by atoms with Crippen molar-refractivity contribution in [3.63, 3.8) is 0 Å². The van der Waals surface area contributed by atoms with Crippen LogP contribution in [0.5, 0.6) is 5.75 Å². The van der Waals surface area contributed by atoms with Gasteiger partial charge in [-0.3, -0.25) is 0 Å². The van der Waals surface area contributed by atoms with Crippen LogP contribution in [0.25, 0.3) is 0 Å². The molecule has 0 aliphatic rings.